The van der Waals surface area contributed by atoms with E-state index in [1.807, 2.05) is 13.8 Å². The van der Waals surface area contributed by atoms with Gasteiger partial charge in [0.05, 0.1) is 27.9 Å². The minimum absolute atomic E-state index is 0.156. The Hall–Kier alpha value is -3.42. The van der Waals surface area contributed by atoms with E-state index in [1.165, 1.54) is 16.8 Å². The maximum Gasteiger partial charge on any atom is 0.336 e. The predicted octanol–water partition coefficient (Wildman–Crippen LogP) is 6.67. The third-order valence-corrected chi connectivity index (χ3v) is 5.54. The number of halogens is 3. The quantitative estimate of drug-likeness (QED) is 0.309. The van der Waals surface area contributed by atoms with Gasteiger partial charge in [-0.1, -0.05) is 49.2 Å². The van der Waals surface area contributed by atoms with Crippen LogP contribution in [0.2, 0.25) is 10.0 Å². The summed E-state index contributed by atoms with van der Waals surface area (Å²) < 4.78 is 21.7. The highest BCUT2D eigenvalue weighted by Crippen LogP contribution is 2.27. The summed E-state index contributed by atoms with van der Waals surface area (Å²) in [5.74, 6) is -0.160. The molecule has 4 rings (SSSR count). The lowest BCUT2D eigenvalue weighted by Crippen LogP contribution is -2.12. The number of nitrogens with zero attached hydrogens (tertiary/aromatic N) is 3. The van der Waals surface area contributed by atoms with Gasteiger partial charge in [0.15, 0.2) is 5.82 Å². The zero-order valence-electron chi connectivity index (χ0n) is 18.4. The SMILES string of the molecule is CC(C)COc1nc(-c2ccccc2F)n(-c2ccc(NC(=O)c3ccc(Cl)c(Cl)c3)cc2)n1. The maximum atomic E-state index is 14.5. The number of rotatable bonds is 7. The van der Waals surface area contributed by atoms with Gasteiger partial charge in [-0.25, -0.2) is 9.07 Å². The van der Waals surface area contributed by atoms with E-state index in [4.69, 9.17) is 27.9 Å². The molecular formula is C25H21Cl2FN4O2. The number of carbonyl (C=O) groups is 1. The van der Waals surface area contributed by atoms with Crippen LogP contribution in [0.15, 0.2) is 66.7 Å². The minimum Gasteiger partial charge on any atom is -0.462 e. The van der Waals surface area contributed by atoms with E-state index < -0.39 is 5.82 Å². The zero-order valence-corrected chi connectivity index (χ0v) is 19.9. The second kappa shape index (κ2) is 10.2. The van der Waals surface area contributed by atoms with Gasteiger partial charge in [-0.2, -0.15) is 4.98 Å². The highest BCUT2D eigenvalue weighted by atomic mass is 35.5. The molecule has 0 fully saturated rings. The molecular weight excluding hydrogens is 478 g/mol. The number of aromatic nitrogens is 3. The Morgan fingerprint density at radius 3 is 2.47 bits per heavy atom. The molecule has 174 valence electrons. The molecule has 0 aliphatic carbocycles. The standard InChI is InChI=1S/C25H21Cl2FN4O2/c1-15(2)14-34-25-30-23(19-5-3-4-6-22(19)28)32(31-25)18-10-8-17(9-11-18)29-24(33)16-7-12-20(26)21(27)13-16/h3-13,15H,14H2,1-2H3,(H,29,33). The van der Waals surface area contributed by atoms with Crippen molar-refractivity contribution in [2.75, 3.05) is 11.9 Å². The summed E-state index contributed by atoms with van der Waals surface area (Å²) >= 11 is 11.9. The molecule has 0 aliphatic rings. The van der Waals surface area contributed by atoms with Gasteiger partial charge in [0, 0.05) is 11.3 Å². The molecule has 1 amide bonds. The first kappa shape index (κ1) is 23.7. The molecule has 0 saturated heterocycles. The van der Waals surface area contributed by atoms with Crippen molar-refractivity contribution >= 4 is 34.8 Å². The van der Waals surface area contributed by atoms with Crippen molar-refractivity contribution in [3.63, 3.8) is 0 Å². The molecule has 34 heavy (non-hydrogen) atoms. The van der Waals surface area contributed by atoms with Gasteiger partial charge in [-0.3, -0.25) is 4.79 Å². The van der Waals surface area contributed by atoms with Gasteiger partial charge in [0.2, 0.25) is 0 Å². The minimum atomic E-state index is -0.419. The van der Waals surface area contributed by atoms with Gasteiger partial charge in [0.1, 0.15) is 5.82 Å². The first-order valence-corrected chi connectivity index (χ1v) is 11.3. The molecule has 0 spiro atoms. The lowest BCUT2D eigenvalue weighted by molar-refractivity contribution is 0.102. The zero-order chi connectivity index (χ0) is 24.2. The van der Waals surface area contributed by atoms with E-state index >= 15 is 0 Å². The fraction of sp³-hybridized carbons (Fsp3) is 0.160. The van der Waals surface area contributed by atoms with Crippen molar-refractivity contribution < 1.29 is 13.9 Å². The van der Waals surface area contributed by atoms with E-state index in [1.54, 1.807) is 54.6 Å². The molecule has 1 aromatic heterocycles. The molecule has 0 atom stereocenters. The number of ether oxygens (including phenoxy) is 1. The van der Waals surface area contributed by atoms with Crippen LogP contribution in [0.5, 0.6) is 6.01 Å². The highest BCUT2D eigenvalue weighted by Gasteiger charge is 2.18. The molecule has 3 aromatic carbocycles. The van der Waals surface area contributed by atoms with E-state index in [0.717, 1.165) is 0 Å². The van der Waals surface area contributed by atoms with Crippen LogP contribution in [0.25, 0.3) is 17.1 Å². The fourth-order valence-corrected chi connectivity index (χ4v) is 3.42. The van der Waals surface area contributed by atoms with Crippen molar-refractivity contribution in [2.24, 2.45) is 5.92 Å². The topological polar surface area (TPSA) is 69.0 Å². The van der Waals surface area contributed by atoms with Crippen LogP contribution in [0.3, 0.4) is 0 Å². The third-order valence-electron chi connectivity index (χ3n) is 4.80. The van der Waals surface area contributed by atoms with Crippen LogP contribution in [0.4, 0.5) is 10.1 Å². The van der Waals surface area contributed by atoms with Crippen LogP contribution in [0.1, 0.15) is 24.2 Å². The van der Waals surface area contributed by atoms with Crippen LogP contribution < -0.4 is 10.1 Å². The van der Waals surface area contributed by atoms with Gasteiger partial charge >= 0.3 is 6.01 Å². The van der Waals surface area contributed by atoms with Crippen molar-refractivity contribution in [3.8, 4) is 23.1 Å². The summed E-state index contributed by atoms with van der Waals surface area (Å²) in [5, 5.41) is 7.91. The fourth-order valence-electron chi connectivity index (χ4n) is 3.12. The molecule has 1 N–H and O–H groups in total. The van der Waals surface area contributed by atoms with Gasteiger partial charge in [0.25, 0.3) is 5.91 Å². The Balaban J connectivity index is 1.61. The molecule has 1 heterocycles. The lowest BCUT2D eigenvalue weighted by Gasteiger charge is -2.09. The number of hydrogen-bond acceptors (Lipinski definition) is 4. The Labute approximate surface area is 206 Å². The molecule has 0 radical (unpaired) electrons. The number of anilines is 1. The summed E-state index contributed by atoms with van der Waals surface area (Å²) in [4.78, 5) is 17.0. The Kier molecular flexibility index (Phi) is 7.14. The number of carbonyl (C=O) groups excluding carboxylic acids is 1. The Morgan fingerprint density at radius 2 is 1.79 bits per heavy atom. The summed E-state index contributed by atoms with van der Waals surface area (Å²) in [6, 6.07) is 18.1. The number of benzene rings is 3. The number of hydrogen-bond donors (Lipinski definition) is 1. The van der Waals surface area contributed by atoms with Crippen LogP contribution in [-0.2, 0) is 0 Å². The molecule has 0 bridgehead atoms. The highest BCUT2D eigenvalue weighted by molar-refractivity contribution is 6.42. The lowest BCUT2D eigenvalue weighted by atomic mass is 10.2. The van der Waals surface area contributed by atoms with Crippen LogP contribution in [0, 0.1) is 11.7 Å². The summed E-state index contributed by atoms with van der Waals surface area (Å²) in [5.41, 5.74) is 1.86. The molecule has 0 aliphatic heterocycles. The summed E-state index contributed by atoms with van der Waals surface area (Å²) in [7, 11) is 0. The van der Waals surface area contributed by atoms with E-state index in [0.29, 0.717) is 45.0 Å². The predicted molar refractivity (Wildman–Crippen MR) is 132 cm³/mol. The number of nitrogens with one attached hydrogen (secondary N) is 1. The molecule has 4 aromatic rings. The van der Waals surface area contributed by atoms with Crippen molar-refractivity contribution in [3.05, 3.63) is 88.2 Å². The third kappa shape index (κ3) is 5.38. The van der Waals surface area contributed by atoms with E-state index in [2.05, 4.69) is 15.4 Å². The van der Waals surface area contributed by atoms with Crippen molar-refractivity contribution in [1.29, 1.82) is 0 Å². The van der Waals surface area contributed by atoms with Gasteiger partial charge in [-0.05, 0) is 60.5 Å². The van der Waals surface area contributed by atoms with Crippen LogP contribution >= 0.6 is 23.2 Å². The average Bonchev–Trinajstić information content (AvgIpc) is 3.24. The smallest absolute Gasteiger partial charge is 0.336 e. The van der Waals surface area contributed by atoms with Crippen molar-refractivity contribution in [1.82, 2.24) is 14.8 Å². The molecule has 0 unspecified atom stereocenters. The van der Waals surface area contributed by atoms with Crippen molar-refractivity contribution in [2.45, 2.75) is 13.8 Å². The largest absolute Gasteiger partial charge is 0.462 e. The summed E-state index contributed by atoms with van der Waals surface area (Å²) in [6.45, 7) is 4.46. The summed E-state index contributed by atoms with van der Waals surface area (Å²) in [6.07, 6.45) is 0. The number of amides is 1. The molecule has 9 heteroatoms. The first-order valence-electron chi connectivity index (χ1n) is 10.5. The average molecular weight is 499 g/mol. The molecule has 0 saturated carbocycles. The van der Waals surface area contributed by atoms with Gasteiger partial charge in [-0.15, -0.1) is 5.10 Å². The first-order chi connectivity index (χ1) is 16.3. The van der Waals surface area contributed by atoms with E-state index in [9.17, 15) is 9.18 Å². The van der Waals surface area contributed by atoms with E-state index in [-0.39, 0.29) is 17.8 Å². The van der Waals surface area contributed by atoms with Gasteiger partial charge < -0.3 is 10.1 Å². The monoisotopic (exact) mass is 498 g/mol. The molecule has 6 nitrogen and oxygen atoms in total. The Bertz CT molecular complexity index is 1320. The maximum absolute atomic E-state index is 14.5. The normalized spacial score (nSPS) is 11.0. The Morgan fingerprint density at radius 1 is 1.06 bits per heavy atom. The second-order valence-corrected chi connectivity index (χ2v) is 8.76. The van der Waals surface area contributed by atoms with Crippen LogP contribution in [-0.4, -0.2) is 27.3 Å². The second-order valence-electron chi connectivity index (χ2n) is 7.94.